The van der Waals surface area contributed by atoms with Gasteiger partial charge in [0.15, 0.2) is 5.17 Å². The van der Waals surface area contributed by atoms with Crippen LogP contribution in [-0.4, -0.2) is 56.2 Å². The van der Waals surface area contributed by atoms with Crippen LogP contribution in [0.15, 0.2) is 51.8 Å². The fourth-order valence-electron chi connectivity index (χ4n) is 3.51. The largest absolute Gasteiger partial charge is 0.332 e. The molecule has 4 rings (SSSR count). The molecule has 0 saturated heterocycles. The Morgan fingerprint density at radius 3 is 2.77 bits per heavy atom. The predicted molar refractivity (Wildman–Crippen MR) is 122 cm³/mol. The van der Waals surface area contributed by atoms with E-state index in [4.69, 9.17) is 0 Å². The summed E-state index contributed by atoms with van der Waals surface area (Å²) in [4.78, 5) is 29.3. The molecule has 0 fully saturated rings. The van der Waals surface area contributed by atoms with Crippen LogP contribution < -0.4 is 10.2 Å². The maximum atomic E-state index is 12.9. The number of nitrogens with one attached hydrogen (secondary N) is 1. The lowest BCUT2D eigenvalue weighted by Crippen LogP contribution is -2.35. The molecule has 0 radical (unpaired) electrons. The molecule has 0 aliphatic carbocycles. The highest BCUT2D eigenvalue weighted by Gasteiger charge is 2.33. The monoisotopic (exact) mass is 458 g/mol. The number of benzene rings is 2. The Kier molecular flexibility index (Phi) is 5.76. The molecule has 31 heavy (non-hydrogen) atoms. The molecule has 10 heteroatoms. The Hall–Kier alpha value is -2.85. The molecule has 0 spiro atoms. The molecule has 2 heterocycles. The zero-order chi connectivity index (χ0) is 22.2. The first-order chi connectivity index (χ1) is 14.8. The number of fused-ring (bicyclic) bond motifs is 3. The summed E-state index contributed by atoms with van der Waals surface area (Å²) in [6, 6.07) is 12.8. The fraction of sp³-hybridized carbons (Fsp3) is 0.286. The fourth-order valence-corrected chi connectivity index (χ4v) is 5.81. The van der Waals surface area contributed by atoms with Gasteiger partial charge in [-0.2, -0.15) is 0 Å². The van der Waals surface area contributed by atoms with Crippen LogP contribution >= 0.6 is 11.8 Å². The van der Waals surface area contributed by atoms with Crippen molar-refractivity contribution in [2.45, 2.75) is 18.2 Å². The average molecular weight is 459 g/mol. The normalized spacial score (nSPS) is 16.2. The maximum Gasteiger partial charge on any atom is 0.257 e. The van der Waals surface area contributed by atoms with Crippen LogP contribution in [0.2, 0.25) is 0 Å². The smallest absolute Gasteiger partial charge is 0.257 e. The van der Waals surface area contributed by atoms with E-state index in [2.05, 4.69) is 9.71 Å². The Morgan fingerprint density at radius 2 is 2.00 bits per heavy atom. The Morgan fingerprint density at radius 1 is 1.23 bits per heavy atom. The molecular formula is C21H22N4O4S2. The second-order valence-electron chi connectivity index (χ2n) is 7.32. The molecule has 2 amide bonds. The highest BCUT2D eigenvalue weighted by Crippen LogP contribution is 2.42. The van der Waals surface area contributed by atoms with Gasteiger partial charge in [-0.25, -0.2) is 8.42 Å². The zero-order valence-electron chi connectivity index (χ0n) is 17.2. The van der Waals surface area contributed by atoms with E-state index in [-0.39, 0.29) is 24.1 Å². The summed E-state index contributed by atoms with van der Waals surface area (Å²) < 4.78 is 27.3. The number of amidine groups is 1. The van der Waals surface area contributed by atoms with Gasteiger partial charge in [0.25, 0.3) is 15.9 Å². The molecule has 0 saturated carbocycles. The van der Waals surface area contributed by atoms with E-state index in [0.29, 0.717) is 17.3 Å². The van der Waals surface area contributed by atoms with Crippen LogP contribution in [-0.2, 0) is 21.2 Å². The van der Waals surface area contributed by atoms with Crippen LogP contribution in [0.3, 0.4) is 0 Å². The van der Waals surface area contributed by atoms with Gasteiger partial charge in [0.2, 0.25) is 5.91 Å². The highest BCUT2D eigenvalue weighted by molar-refractivity contribution is 8.15. The summed E-state index contributed by atoms with van der Waals surface area (Å²) in [5, 5.41) is 3.28. The van der Waals surface area contributed by atoms with Crippen molar-refractivity contribution in [3.05, 3.63) is 53.6 Å². The van der Waals surface area contributed by atoms with Crippen molar-refractivity contribution >= 4 is 50.1 Å². The van der Waals surface area contributed by atoms with Crippen molar-refractivity contribution in [1.29, 1.82) is 0 Å². The molecular weight excluding hydrogens is 436 g/mol. The molecule has 2 aromatic rings. The number of carbonyl (C=O) groups is 2. The third-order valence-electron chi connectivity index (χ3n) is 5.12. The van der Waals surface area contributed by atoms with Gasteiger partial charge in [0.1, 0.15) is 0 Å². The first kappa shape index (κ1) is 21.4. The second kappa shape index (κ2) is 8.35. The summed E-state index contributed by atoms with van der Waals surface area (Å²) in [7, 11) is -1.86. The van der Waals surface area contributed by atoms with Crippen LogP contribution in [0.5, 0.6) is 0 Å². The van der Waals surface area contributed by atoms with Gasteiger partial charge < -0.3 is 15.1 Å². The summed E-state index contributed by atoms with van der Waals surface area (Å²) in [5.41, 5.74) is 3.05. The first-order valence-corrected chi connectivity index (χ1v) is 12.3. The van der Waals surface area contributed by atoms with Gasteiger partial charge in [0, 0.05) is 29.7 Å². The van der Waals surface area contributed by atoms with Crippen LogP contribution in [0.1, 0.15) is 22.8 Å². The van der Waals surface area contributed by atoms with Crippen molar-refractivity contribution < 1.29 is 18.0 Å². The number of aryl methyl sites for hydroxylation is 1. The molecule has 0 unspecified atom stereocenters. The van der Waals surface area contributed by atoms with Gasteiger partial charge in [-0.05, 0) is 48.0 Å². The molecule has 2 aliphatic heterocycles. The Balaban J connectivity index is 1.45. The number of hydrogen-bond donors (Lipinski definition) is 1. The van der Waals surface area contributed by atoms with Crippen molar-refractivity contribution in [2.75, 3.05) is 36.1 Å². The number of nitrogens with zero attached hydrogens (tertiary/aromatic N) is 3. The van der Waals surface area contributed by atoms with Crippen LogP contribution in [0, 0.1) is 0 Å². The second-order valence-corrected chi connectivity index (χ2v) is 10.1. The third-order valence-corrected chi connectivity index (χ3v) is 7.43. The number of sulfonamides is 1. The number of likely N-dealkylation sites (N-methyl/N-ethyl adjacent to an activating group) is 1. The van der Waals surface area contributed by atoms with Crippen molar-refractivity contribution in [3.8, 4) is 0 Å². The number of hydrogen-bond acceptors (Lipinski definition) is 6. The number of thioether (sulfide) groups is 1. The average Bonchev–Trinajstić information content (AvgIpc) is 3.08. The quantitative estimate of drug-likeness (QED) is 0.739. The lowest BCUT2D eigenvalue weighted by atomic mass is 10.1. The first-order valence-electron chi connectivity index (χ1n) is 9.82. The molecule has 8 nitrogen and oxygen atoms in total. The molecule has 162 valence electrons. The molecule has 2 aliphatic rings. The highest BCUT2D eigenvalue weighted by atomic mass is 32.2. The van der Waals surface area contributed by atoms with Gasteiger partial charge in [0.05, 0.1) is 18.0 Å². The van der Waals surface area contributed by atoms with E-state index in [0.717, 1.165) is 28.3 Å². The lowest BCUT2D eigenvalue weighted by molar-refractivity contribution is -0.116. The number of para-hydroxylation sites is 1. The number of amides is 2. The van der Waals surface area contributed by atoms with E-state index in [1.54, 1.807) is 25.2 Å². The van der Waals surface area contributed by atoms with Crippen LogP contribution in [0.4, 0.5) is 11.4 Å². The molecule has 1 N–H and O–H groups in total. The molecule has 0 bridgehead atoms. The molecule has 0 atom stereocenters. The van der Waals surface area contributed by atoms with E-state index in [1.165, 1.54) is 16.7 Å². The minimum absolute atomic E-state index is 0.0316. The van der Waals surface area contributed by atoms with E-state index < -0.39 is 10.0 Å². The van der Waals surface area contributed by atoms with Gasteiger partial charge in [-0.3, -0.25) is 9.59 Å². The maximum absolute atomic E-state index is 12.9. The summed E-state index contributed by atoms with van der Waals surface area (Å²) in [5.74, 6) is -0.596. The van der Waals surface area contributed by atoms with Crippen molar-refractivity contribution in [2.24, 2.45) is 4.40 Å². The standard InChI is InChI=1S/C21H22N4O4S2/c1-3-14-6-4-5-7-16(14)22-19(26)13-24(2)20(27)15-8-9-17-18(12-15)30-21-23-31(28,29)11-10-25(17)21/h4-9,12H,3,10-11,13H2,1-2H3,(H,22,26). The third kappa shape index (κ3) is 4.45. The summed E-state index contributed by atoms with van der Waals surface area (Å²) >= 11 is 1.23. The van der Waals surface area contributed by atoms with E-state index >= 15 is 0 Å². The van der Waals surface area contributed by atoms with Crippen LogP contribution in [0.25, 0.3) is 0 Å². The zero-order valence-corrected chi connectivity index (χ0v) is 18.8. The van der Waals surface area contributed by atoms with Gasteiger partial charge in [-0.1, -0.05) is 25.1 Å². The van der Waals surface area contributed by atoms with Gasteiger partial charge >= 0.3 is 0 Å². The number of anilines is 2. The van der Waals surface area contributed by atoms with E-state index in [9.17, 15) is 18.0 Å². The van der Waals surface area contributed by atoms with Crippen molar-refractivity contribution in [1.82, 2.24) is 4.90 Å². The Bertz CT molecular complexity index is 1190. The predicted octanol–water partition coefficient (Wildman–Crippen LogP) is 2.57. The minimum Gasteiger partial charge on any atom is -0.332 e. The number of carbonyl (C=O) groups excluding carboxylic acids is 2. The Labute approximate surface area is 185 Å². The van der Waals surface area contributed by atoms with E-state index in [1.807, 2.05) is 36.1 Å². The summed E-state index contributed by atoms with van der Waals surface area (Å²) in [6.45, 7) is 2.27. The van der Waals surface area contributed by atoms with Crippen molar-refractivity contribution in [3.63, 3.8) is 0 Å². The summed E-state index contributed by atoms with van der Waals surface area (Å²) in [6.07, 6.45) is 0.793. The molecule has 0 aromatic heterocycles. The lowest BCUT2D eigenvalue weighted by Gasteiger charge is -2.22. The SMILES string of the molecule is CCc1ccccc1NC(=O)CN(C)C(=O)c1ccc2c(c1)SC1=NS(=O)(=O)CCN12. The van der Waals surface area contributed by atoms with Gasteiger partial charge in [-0.15, -0.1) is 4.40 Å². The topological polar surface area (TPSA) is 99.1 Å². The molecule has 2 aromatic carbocycles. The minimum atomic E-state index is -3.43. The number of rotatable bonds is 5.